The SMILES string of the molecule is CC1(c2c(F)cccc2F)OC(=O)CC(=O)O1. The normalized spacial score (nSPS) is 18.5. The predicted octanol–water partition coefficient (Wildman–Crippen LogP) is 1.63. The van der Waals surface area contributed by atoms with Crippen molar-refractivity contribution in [2.75, 3.05) is 0 Å². The summed E-state index contributed by atoms with van der Waals surface area (Å²) < 4.78 is 36.5. The lowest BCUT2D eigenvalue weighted by atomic mass is 10.0. The quantitative estimate of drug-likeness (QED) is 0.554. The van der Waals surface area contributed by atoms with Gasteiger partial charge in [0.05, 0.1) is 0 Å². The molecule has 1 aliphatic rings. The van der Waals surface area contributed by atoms with E-state index < -0.39 is 41.3 Å². The summed E-state index contributed by atoms with van der Waals surface area (Å²) in [6, 6.07) is 3.13. The van der Waals surface area contributed by atoms with Gasteiger partial charge in [-0.25, -0.2) is 8.78 Å². The van der Waals surface area contributed by atoms with E-state index in [4.69, 9.17) is 9.47 Å². The second-order valence-electron chi connectivity index (χ2n) is 3.67. The van der Waals surface area contributed by atoms with Crippen LogP contribution in [0, 0.1) is 11.6 Å². The number of hydrogen-bond acceptors (Lipinski definition) is 4. The second-order valence-corrected chi connectivity index (χ2v) is 3.67. The number of rotatable bonds is 1. The molecule has 1 saturated heterocycles. The molecule has 0 saturated carbocycles. The van der Waals surface area contributed by atoms with Gasteiger partial charge in [0, 0.05) is 6.92 Å². The minimum Gasteiger partial charge on any atom is -0.418 e. The molecule has 1 heterocycles. The zero-order valence-corrected chi connectivity index (χ0v) is 8.83. The van der Waals surface area contributed by atoms with Crippen LogP contribution in [0.5, 0.6) is 0 Å². The largest absolute Gasteiger partial charge is 0.418 e. The predicted molar refractivity (Wildman–Crippen MR) is 50.5 cm³/mol. The lowest BCUT2D eigenvalue weighted by Gasteiger charge is -2.32. The molecule has 4 nitrogen and oxygen atoms in total. The van der Waals surface area contributed by atoms with Gasteiger partial charge in [0.2, 0.25) is 0 Å². The molecule has 1 aliphatic heterocycles. The highest BCUT2D eigenvalue weighted by atomic mass is 19.1. The summed E-state index contributed by atoms with van der Waals surface area (Å²) in [5.74, 6) is -5.72. The number of hydrogen-bond donors (Lipinski definition) is 0. The van der Waals surface area contributed by atoms with Crippen LogP contribution in [0.2, 0.25) is 0 Å². The van der Waals surface area contributed by atoms with Gasteiger partial charge in [0.25, 0.3) is 5.79 Å². The molecule has 0 atom stereocenters. The fraction of sp³-hybridized carbons (Fsp3) is 0.273. The summed E-state index contributed by atoms with van der Waals surface area (Å²) in [7, 11) is 0. The van der Waals surface area contributed by atoms with Gasteiger partial charge in [-0.15, -0.1) is 0 Å². The number of carbonyl (C=O) groups excluding carboxylic acids is 2. The van der Waals surface area contributed by atoms with Crippen molar-refractivity contribution in [1.82, 2.24) is 0 Å². The number of esters is 2. The van der Waals surface area contributed by atoms with Crippen LogP contribution in [0.1, 0.15) is 18.9 Å². The Hall–Kier alpha value is -1.98. The molecule has 6 heteroatoms. The van der Waals surface area contributed by atoms with Gasteiger partial charge >= 0.3 is 11.9 Å². The molecule has 1 aromatic rings. The summed E-state index contributed by atoms with van der Waals surface area (Å²) in [5, 5.41) is 0. The van der Waals surface area contributed by atoms with Crippen molar-refractivity contribution < 1.29 is 27.8 Å². The molecule has 2 rings (SSSR count). The molecule has 1 fully saturated rings. The fourth-order valence-electron chi connectivity index (χ4n) is 1.68. The second kappa shape index (κ2) is 3.80. The van der Waals surface area contributed by atoms with Crippen LogP contribution in [0.4, 0.5) is 8.78 Å². The Balaban J connectivity index is 2.50. The third kappa shape index (κ3) is 1.98. The maximum absolute atomic E-state index is 13.5. The average molecular weight is 242 g/mol. The maximum Gasteiger partial charge on any atom is 0.320 e. The van der Waals surface area contributed by atoms with Crippen molar-refractivity contribution in [2.24, 2.45) is 0 Å². The Morgan fingerprint density at radius 2 is 1.59 bits per heavy atom. The summed E-state index contributed by atoms with van der Waals surface area (Å²) >= 11 is 0. The third-order valence-electron chi connectivity index (χ3n) is 2.32. The van der Waals surface area contributed by atoms with Crippen LogP contribution in [-0.4, -0.2) is 11.9 Å². The molecule has 0 radical (unpaired) electrons. The van der Waals surface area contributed by atoms with Crippen LogP contribution in [0.3, 0.4) is 0 Å². The van der Waals surface area contributed by atoms with E-state index in [1.54, 1.807) is 0 Å². The Morgan fingerprint density at radius 1 is 1.12 bits per heavy atom. The van der Waals surface area contributed by atoms with E-state index in [0.29, 0.717) is 0 Å². The van der Waals surface area contributed by atoms with Crippen LogP contribution < -0.4 is 0 Å². The Morgan fingerprint density at radius 3 is 2.06 bits per heavy atom. The molecule has 17 heavy (non-hydrogen) atoms. The maximum atomic E-state index is 13.5. The fourth-order valence-corrected chi connectivity index (χ4v) is 1.68. The topological polar surface area (TPSA) is 52.6 Å². The summed E-state index contributed by atoms with van der Waals surface area (Å²) in [6.07, 6.45) is -0.564. The van der Waals surface area contributed by atoms with E-state index in [2.05, 4.69) is 0 Å². The Bertz CT molecular complexity index is 462. The minimum atomic E-state index is -2.05. The van der Waals surface area contributed by atoms with Gasteiger partial charge in [-0.3, -0.25) is 9.59 Å². The van der Waals surface area contributed by atoms with E-state index in [9.17, 15) is 18.4 Å². The molecular weight excluding hydrogens is 234 g/mol. The van der Waals surface area contributed by atoms with Crippen molar-refractivity contribution in [3.05, 3.63) is 35.4 Å². The van der Waals surface area contributed by atoms with Crippen LogP contribution >= 0.6 is 0 Å². The number of carbonyl (C=O) groups is 2. The van der Waals surface area contributed by atoms with Gasteiger partial charge in [0.1, 0.15) is 23.6 Å². The van der Waals surface area contributed by atoms with E-state index in [1.807, 2.05) is 0 Å². The van der Waals surface area contributed by atoms with E-state index >= 15 is 0 Å². The lowest BCUT2D eigenvalue weighted by Crippen LogP contribution is -2.41. The lowest BCUT2D eigenvalue weighted by molar-refractivity contribution is -0.244. The highest BCUT2D eigenvalue weighted by molar-refractivity contribution is 5.93. The minimum absolute atomic E-state index is 0.564. The standard InChI is InChI=1S/C11H8F2O4/c1-11(16-8(14)5-9(15)17-11)10-6(12)3-2-4-7(10)13/h2-4H,5H2,1H3. The number of halogens is 2. The molecule has 0 spiro atoms. The van der Waals surface area contributed by atoms with Gasteiger partial charge < -0.3 is 9.47 Å². The molecule has 0 unspecified atom stereocenters. The average Bonchev–Trinajstić information content (AvgIpc) is 2.13. The van der Waals surface area contributed by atoms with Crippen molar-refractivity contribution in [2.45, 2.75) is 19.1 Å². The molecule has 90 valence electrons. The molecule has 0 aromatic heterocycles. The van der Waals surface area contributed by atoms with Gasteiger partial charge in [0.15, 0.2) is 0 Å². The molecule has 0 aliphatic carbocycles. The summed E-state index contributed by atoms with van der Waals surface area (Å²) in [4.78, 5) is 22.2. The zero-order valence-electron chi connectivity index (χ0n) is 8.83. The molecule has 1 aromatic carbocycles. The zero-order chi connectivity index (χ0) is 12.6. The number of ether oxygens (including phenoxy) is 2. The first kappa shape index (κ1) is 11.5. The van der Waals surface area contributed by atoms with E-state index in [1.165, 1.54) is 0 Å². The van der Waals surface area contributed by atoms with Crippen molar-refractivity contribution in [3.63, 3.8) is 0 Å². The third-order valence-corrected chi connectivity index (χ3v) is 2.32. The first-order valence-corrected chi connectivity index (χ1v) is 4.80. The Labute approximate surface area is 95.1 Å². The first-order chi connectivity index (χ1) is 7.92. The van der Waals surface area contributed by atoms with Gasteiger partial charge in [-0.05, 0) is 12.1 Å². The van der Waals surface area contributed by atoms with Crippen LogP contribution in [0.15, 0.2) is 18.2 Å². The molecule has 0 bridgehead atoms. The van der Waals surface area contributed by atoms with E-state index in [0.717, 1.165) is 25.1 Å². The molecule has 0 N–H and O–H groups in total. The molecular formula is C11H8F2O4. The Kier molecular flexibility index (Phi) is 2.57. The van der Waals surface area contributed by atoms with Crippen molar-refractivity contribution in [3.8, 4) is 0 Å². The smallest absolute Gasteiger partial charge is 0.320 e. The number of cyclic esters (lactones) is 2. The van der Waals surface area contributed by atoms with Crippen LogP contribution in [0.25, 0.3) is 0 Å². The number of benzene rings is 1. The summed E-state index contributed by atoms with van der Waals surface area (Å²) in [5.41, 5.74) is -0.596. The van der Waals surface area contributed by atoms with Crippen molar-refractivity contribution in [1.29, 1.82) is 0 Å². The highest BCUT2D eigenvalue weighted by Crippen LogP contribution is 2.34. The van der Waals surface area contributed by atoms with E-state index in [-0.39, 0.29) is 0 Å². The first-order valence-electron chi connectivity index (χ1n) is 4.80. The summed E-state index contributed by atoms with van der Waals surface area (Å²) in [6.45, 7) is 1.11. The van der Waals surface area contributed by atoms with Gasteiger partial charge in [-0.2, -0.15) is 0 Å². The van der Waals surface area contributed by atoms with Gasteiger partial charge in [-0.1, -0.05) is 6.07 Å². The van der Waals surface area contributed by atoms with Crippen molar-refractivity contribution >= 4 is 11.9 Å². The van der Waals surface area contributed by atoms with Crippen LogP contribution in [-0.2, 0) is 24.8 Å². The molecule has 0 amide bonds. The monoisotopic (exact) mass is 242 g/mol. The highest BCUT2D eigenvalue weighted by Gasteiger charge is 2.44.